The molecule has 0 aromatic heterocycles. The van der Waals surface area contributed by atoms with Crippen molar-refractivity contribution in [1.29, 1.82) is 0 Å². The topological polar surface area (TPSA) is 70.6 Å². The maximum atomic E-state index is 9.65. The van der Waals surface area contributed by atoms with Crippen molar-refractivity contribution in [3.8, 4) is 0 Å². The average molecular weight is 238 g/mol. The molecule has 4 nitrogen and oxygen atoms in total. The molecule has 1 aromatic carbocycles. The largest absolute Gasteiger partial charge is 0.368 e. The number of hydrogen-bond acceptors (Lipinski definition) is 4. The molecule has 1 aliphatic rings. The number of halogens is 1. The number of nitrogens with one attached hydrogen (secondary N) is 1. The van der Waals surface area contributed by atoms with E-state index in [1.54, 1.807) is 18.3 Å². The van der Waals surface area contributed by atoms with Gasteiger partial charge in [0.15, 0.2) is 6.23 Å². The molecule has 84 valence electrons. The molecular weight excluding hydrogens is 226 g/mol. The fourth-order valence-corrected chi connectivity index (χ4v) is 1.53. The summed E-state index contributed by atoms with van der Waals surface area (Å²) in [5.74, 6) is 0.612. The molecule has 1 atom stereocenters. The second-order valence-electron chi connectivity index (χ2n) is 3.43. The molecule has 0 radical (unpaired) electrons. The van der Waals surface area contributed by atoms with Crippen LogP contribution < -0.4 is 11.1 Å². The third-order valence-corrected chi connectivity index (χ3v) is 2.58. The highest BCUT2D eigenvalue weighted by atomic mass is 35.5. The van der Waals surface area contributed by atoms with E-state index < -0.39 is 6.23 Å². The lowest BCUT2D eigenvalue weighted by atomic mass is 10.1. The molecule has 0 spiro atoms. The van der Waals surface area contributed by atoms with Gasteiger partial charge in [-0.1, -0.05) is 11.6 Å². The van der Waals surface area contributed by atoms with Crippen LogP contribution in [0.2, 0.25) is 5.02 Å². The second-order valence-corrected chi connectivity index (χ2v) is 3.86. The number of nitrogens with zero attached hydrogens (tertiary/aromatic N) is 1. The van der Waals surface area contributed by atoms with Crippen molar-refractivity contribution < 1.29 is 5.11 Å². The molecule has 4 N–H and O–H groups in total. The lowest BCUT2D eigenvalue weighted by molar-refractivity contribution is 0.217. The van der Waals surface area contributed by atoms with E-state index in [0.717, 1.165) is 5.56 Å². The number of hydrogen-bond donors (Lipinski definition) is 3. The summed E-state index contributed by atoms with van der Waals surface area (Å²) in [6, 6.07) is 7.22. The van der Waals surface area contributed by atoms with Gasteiger partial charge in [-0.2, -0.15) is 0 Å². The third kappa shape index (κ3) is 2.24. The van der Waals surface area contributed by atoms with Crippen LogP contribution in [0.15, 0.2) is 41.0 Å². The molecule has 0 bridgehead atoms. The minimum atomic E-state index is -0.864. The number of aliphatic hydroxyl groups is 1. The van der Waals surface area contributed by atoms with Crippen LogP contribution in [-0.2, 0) is 0 Å². The van der Waals surface area contributed by atoms with Gasteiger partial charge in [-0.05, 0) is 24.3 Å². The van der Waals surface area contributed by atoms with Crippen LogP contribution in [0.3, 0.4) is 0 Å². The second kappa shape index (κ2) is 4.65. The molecule has 0 aliphatic carbocycles. The number of aliphatic imine (C=N–C) groups is 1. The number of rotatable bonds is 2. The summed E-state index contributed by atoms with van der Waals surface area (Å²) in [6.07, 6.45) is 0.818. The Labute approximate surface area is 98.4 Å². The summed E-state index contributed by atoms with van der Waals surface area (Å²) in [6.45, 7) is 0.283. The predicted octanol–water partition coefficient (Wildman–Crippen LogP) is 0.851. The summed E-state index contributed by atoms with van der Waals surface area (Å²) in [7, 11) is 0. The molecule has 0 saturated carbocycles. The van der Waals surface area contributed by atoms with Gasteiger partial charge in [0, 0.05) is 28.9 Å². The first-order chi connectivity index (χ1) is 7.70. The molecule has 0 amide bonds. The highest BCUT2D eigenvalue weighted by Gasteiger charge is 2.15. The first-order valence-corrected chi connectivity index (χ1v) is 5.26. The highest BCUT2D eigenvalue weighted by Crippen LogP contribution is 2.13. The minimum Gasteiger partial charge on any atom is -0.368 e. The van der Waals surface area contributed by atoms with Gasteiger partial charge in [0.25, 0.3) is 0 Å². The Bertz CT molecular complexity index is 439. The maximum absolute atomic E-state index is 9.65. The zero-order valence-corrected chi connectivity index (χ0v) is 9.28. The standard InChI is InChI=1S/C11H12ClN3O/c12-9-3-1-7(2-4-9)10-14-6-8(5-13)11(16)15-10/h1-4,6,11,16H,5,13H2,(H,14,15). The van der Waals surface area contributed by atoms with E-state index in [0.29, 0.717) is 16.4 Å². The van der Waals surface area contributed by atoms with Crippen LogP contribution in [0, 0.1) is 0 Å². The summed E-state index contributed by atoms with van der Waals surface area (Å²) in [5.41, 5.74) is 6.98. The van der Waals surface area contributed by atoms with Gasteiger partial charge in [0.1, 0.15) is 5.84 Å². The van der Waals surface area contributed by atoms with E-state index in [4.69, 9.17) is 17.3 Å². The Morgan fingerprint density at radius 1 is 1.38 bits per heavy atom. The smallest absolute Gasteiger partial charge is 0.172 e. The van der Waals surface area contributed by atoms with E-state index in [9.17, 15) is 5.11 Å². The third-order valence-electron chi connectivity index (χ3n) is 2.33. The monoisotopic (exact) mass is 237 g/mol. The molecule has 1 unspecified atom stereocenters. The van der Waals surface area contributed by atoms with Crippen molar-refractivity contribution in [2.45, 2.75) is 6.23 Å². The first kappa shape index (κ1) is 11.1. The minimum absolute atomic E-state index is 0.283. The van der Waals surface area contributed by atoms with E-state index in [-0.39, 0.29) is 6.54 Å². The Balaban J connectivity index is 2.22. The first-order valence-electron chi connectivity index (χ1n) is 4.88. The Morgan fingerprint density at radius 2 is 2.06 bits per heavy atom. The highest BCUT2D eigenvalue weighted by molar-refractivity contribution is 6.30. The summed E-state index contributed by atoms with van der Waals surface area (Å²) < 4.78 is 0. The lowest BCUT2D eigenvalue weighted by Crippen LogP contribution is -2.31. The summed E-state index contributed by atoms with van der Waals surface area (Å²) in [5, 5.41) is 13.3. The van der Waals surface area contributed by atoms with Crippen molar-refractivity contribution in [3.63, 3.8) is 0 Å². The van der Waals surface area contributed by atoms with Gasteiger partial charge >= 0.3 is 0 Å². The quantitative estimate of drug-likeness (QED) is 0.714. The molecule has 2 rings (SSSR count). The van der Waals surface area contributed by atoms with Crippen molar-refractivity contribution in [2.75, 3.05) is 6.54 Å². The number of aliphatic hydroxyl groups excluding tert-OH is 1. The van der Waals surface area contributed by atoms with Crippen molar-refractivity contribution in [2.24, 2.45) is 10.7 Å². The van der Waals surface area contributed by atoms with Crippen LogP contribution in [0.25, 0.3) is 0 Å². The Kier molecular flexibility index (Phi) is 3.24. The zero-order valence-electron chi connectivity index (χ0n) is 8.52. The molecule has 1 aromatic rings. The van der Waals surface area contributed by atoms with E-state index in [2.05, 4.69) is 10.3 Å². The van der Waals surface area contributed by atoms with Crippen LogP contribution in [0.4, 0.5) is 0 Å². The van der Waals surface area contributed by atoms with Crippen LogP contribution in [0.5, 0.6) is 0 Å². The van der Waals surface area contributed by atoms with E-state index in [1.165, 1.54) is 0 Å². The van der Waals surface area contributed by atoms with Crippen LogP contribution in [-0.4, -0.2) is 23.7 Å². The molecule has 0 saturated heterocycles. The van der Waals surface area contributed by atoms with Gasteiger partial charge in [-0.3, -0.25) is 0 Å². The molecule has 1 aliphatic heterocycles. The van der Waals surface area contributed by atoms with Gasteiger partial charge < -0.3 is 16.2 Å². The number of benzene rings is 1. The molecule has 16 heavy (non-hydrogen) atoms. The van der Waals surface area contributed by atoms with Crippen molar-refractivity contribution in [3.05, 3.63) is 46.6 Å². The molecular formula is C11H12ClN3O. The Hall–Kier alpha value is -1.36. The van der Waals surface area contributed by atoms with E-state index in [1.807, 2.05) is 12.1 Å². The normalized spacial score (nSPS) is 19.8. The van der Waals surface area contributed by atoms with Crippen LogP contribution in [0.1, 0.15) is 5.56 Å². The van der Waals surface area contributed by atoms with Gasteiger partial charge in [0.2, 0.25) is 0 Å². The summed E-state index contributed by atoms with van der Waals surface area (Å²) in [4.78, 5) is 4.10. The van der Waals surface area contributed by atoms with Gasteiger partial charge in [0.05, 0.1) is 0 Å². The predicted molar refractivity (Wildman–Crippen MR) is 64.3 cm³/mol. The van der Waals surface area contributed by atoms with Crippen LogP contribution >= 0.6 is 11.6 Å². The molecule has 1 heterocycles. The lowest BCUT2D eigenvalue weighted by Gasteiger charge is -2.18. The Morgan fingerprint density at radius 3 is 2.62 bits per heavy atom. The number of nitrogens with two attached hydrogens (primary N) is 1. The fraction of sp³-hybridized carbons (Fsp3) is 0.182. The van der Waals surface area contributed by atoms with Crippen molar-refractivity contribution >= 4 is 17.4 Å². The zero-order chi connectivity index (χ0) is 11.5. The maximum Gasteiger partial charge on any atom is 0.172 e. The SMILES string of the molecule is NCC1=CNC(c2ccc(Cl)cc2)=NC1O. The van der Waals surface area contributed by atoms with Gasteiger partial charge in [-0.25, -0.2) is 4.99 Å². The van der Waals surface area contributed by atoms with E-state index >= 15 is 0 Å². The molecule has 5 heteroatoms. The fourth-order valence-electron chi connectivity index (χ4n) is 1.41. The average Bonchev–Trinajstić information content (AvgIpc) is 2.30. The summed E-state index contributed by atoms with van der Waals surface area (Å²) >= 11 is 5.79. The number of amidine groups is 1. The molecule has 0 fully saturated rings. The van der Waals surface area contributed by atoms with Gasteiger partial charge in [-0.15, -0.1) is 0 Å². The van der Waals surface area contributed by atoms with Crippen molar-refractivity contribution in [1.82, 2.24) is 5.32 Å².